The van der Waals surface area contributed by atoms with Crippen molar-refractivity contribution < 1.29 is 9.18 Å². The van der Waals surface area contributed by atoms with Crippen molar-refractivity contribution in [1.29, 1.82) is 0 Å². The van der Waals surface area contributed by atoms with Crippen LogP contribution in [0.1, 0.15) is 5.69 Å². The van der Waals surface area contributed by atoms with Crippen molar-refractivity contribution in [3.05, 3.63) is 41.2 Å². The summed E-state index contributed by atoms with van der Waals surface area (Å²) in [5, 5.41) is 8.30. The Kier molecular flexibility index (Phi) is 9.93. The number of benzene rings is 1. The molecule has 0 fully saturated rings. The number of hydrogen-bond donors (Lipinski definition) is 2. The van der Waals surface area contributed by atoms with Gasteiger partial charge in [-0.25, -0.2) is 9.37 Å². The topological polar surface area (TPSA) is 54.0 Å². The molecule has 2 aromatic rings. The van der Waals surface area contributed by atoms with Crippen molar-refractivity contribution in [2.24, 2.45) is 0 Å². The molecule has 2 rings (SSSR count). The maximum Gasteiger partial charge on any atom is 0.226 e. The molecule has 1 heterocycles. The minimum atomic E-state index is -0.288. The van der Waals surface area contributed by atoms with Crippen LogP contribution in [0.5, 0.6) is 0 Å². The molecule has 1 amide bonds. The van der Waals surface area contributed by atoms with E-state index in [1.165, 1.54) is 23.5 Å². The third kappa shape index (κ3) is 6.27. The van der Waals surface area contributed by atoms with Gasteiger partial charge in [-0.05, 0) is 19.2 Å². The molecule has 0 bridgehead atoms. The molecular weight excluding hydrogens is 348 g/mol. The molecule has 0 aliphatic carbocycles. The lowest BCUT2D eigenvalue weighted by molar-refractivity contribution is -0.120. The molecule has 0 radical (unpaired) electrons. The van der Waals surface area contributed by atoms with Crippen LogP contribution in [-0.2, 0) is 11.2 Å². The van der Waals surface area contributed by atoms with Crippen molar-refractivity contribution in [2.45, 2.75) is 6.42 Å². The fraction of sp³-hybridized carbons (Fsp3) is 0.286. The van der Waals surface area contributed by atoms with Crippen molar-refractivity contribution in [3.63, 3.8) is 0 Å². The summed E-state index contributed by atoms with van der Waals surface area (Å²) >= 11 is 1.41. The van der Waals surface area contributed by atoms with E-state index in [2.05, 4.69) is 15.6 Å². The molecule has 0 saturated carbocycles. The molecule has 0 aliphatic heterocycles. The lowest BCUT2D eigenvalue weighted by atomic mass is 10.2. The van der Waals surface area contributed by atoms with Gasteiger partial charge in [-0.15, -0.1) is 36.2 Å². The molecule has 22 heavy (non-hydrogen) atoms. The Labute approximate surface area is 145 Å². The average Bonchev–Trinajstić information content (AvgIpc) is 2.87. The average molecular weight is 366 g/mol. The Balaban J connectivity index is 0.00000220. The summed E-state index contributed by atoms with van der Waals surface area (Å²) in [7, 11) is 1.83. The number of nitrogens with zero attached hydrogens (tertiary/aromatic N) is 1. The predicted octanol–water partition coefficient (Wildman–Crippen LogP) is 2.67. The second-order valence-electron chi connectivity index (χ2n) is 4.28. The number of nitrogens with one attached hydrogen (secondary N) is 2. The maximum absolute atomic E-state index is 13.1. The SMILES string of the molecule is CNCCNC(=O)Cc1csc(-c2cccc(F)c2)n1.Cl.Cl. The molecule has 0 saturated heterocycles. The minimum Gasteiger partial charge on any atom is -0.354 e. The Morgan fingerprint density at radius 3 is 2.77 bits per heavy atom. The fourth-order valence-corrected chi connectivity index (χ4v) is 2.51. The molecule has 8 heteroatoms. The second-order valence-corrected chi connectivity index (χ2v) is 5.14. The smallest absolute Gasteiger partial charge is 0.226 e. The van der Waals surface area contributed by atoms with Crippen molar-refractivity contribution in [3.8, 4) is 10.6 Å². The van der Waals surface area contributed by atoms with Crippen molar-refractivity contribution in [1.82, 2.24) is 15.6 Å². The van der Waals surface area contributed by atoms with Gasteiger partial charge < -0.3 is 10.6 Å². The summed E-state index contributed by atoms with van der Waals surface area (Å²) in [5.74, 6) is -0.347. The maximum atomic E-state index is 13.1. The number of amides is 1. The van der Waals surface area contributed by atoms with Crippen LogP contribution in [0.25, 0.3) is 10.6 Å². The Bertz CT molecular complexity index is 595. The van der Waals surface area contributed by atoms with E-state index in [-0.39, 0.29) is 43.0 Å². The lowest BCUT2D eigenvalue weighted by Crippen LogP contribution is -2.31. The van der Waals surface area contributed by atoms with E-state index in [0.717, 1.165) is 17.1 Å². The van der Waals surface area contributed by atoms with E-state index in [1.807, 2.05) is 12.4 Å². The van der Waals surface area contributed by atoms with Crippen LogP contribution >= 0.6 is 36.2 Å². The van der Waals surface area contributed by atoms with Crippen LogP contribution in [0.2, 0.25) is 0 Å². The van der Waals surface area contributed by atoms with Crippen molar-refractivity contribution >= 4 is 42.1 Å². The van der Waals surface area contributed by atoms with Gasteiger partial charge in [0, 0.05) is 24.0 Å². The van der Waals surface area contributed by atoms with Crippen LogP contribution < -0.4 is 10.6 Å². The normalized spacial score (nSPS) is 9.55. The quantitative estimate of drug-likeness (QED) is 0.773. The van der Waals surface area contributed by atoms with E-state index in [4.69, 9.17) is 0 Å². The van der Waals surface area contributed by atoms with Gasteiger partial charge in [-0.3, -0.25) is 4.79 Å². The molecular formula is C14H18Cl2FN3OS. The first-order chi connectivity index (χ1) is 9.69. The summed E-state index contributed by atoms with van der Waals surface area (Å²) in [6.07, 6.45) is 0.246. The van der Waals surface area contributed by atoms with Crippen LogP contribution in [0, 0.1) is 5.82 Å². The number of hydrogen-bond acceptors (Lipinski definition) is 4. The van der Waals surface area contributed by atoms with Crippen LogP contribution in [0.4, 0.5) is 4.39 Å². The van der Waals surface area contributed by atoms with Gasteiger partial charge in [-0.1, -0.05) is 12.1 Å². The summed E-state index contributed by atoms with van der Waals surface area (Å²) in [6, 6.07) is 6.29. The highest BCUT2D eigenvalue weighted by atomic mass is 35.5. The van der Waals surface area contributed by atoms with Gasteiger partial charge in [-0.2, -0.15) is 0 Å². The van der Waals surface area contributed by atoms with E-state index in [0.29, 0.717) is 12.2 Å². The first-order valence-corrected chi connectivity index (χ1v) is 7.18. The van der Waals surface area contributed by atoms with Crippen molar-refractivity contribution in [2.75, 3.05) is 20.1 Å². The summed E-state index contributed by atoms with van der Waals surface area (Å²) < 4.78 is 13.1. The van der Waals surface area contributed by atoms with E-state index >= 15 is 0 Å². The highest BCUT2D eigenvalue weighted by molar-refractivity contribution is 7.13. The number of rotatable bonds is 6. The molecule has 0 atom stereocenters. The van der Waals surface area contributed by atoms with E-state index in [9.17, 15) is 9.18 Å². The number of halogens is 3. The first-order valence-electron chi connectivity index (χ1n) is 6.30. The second kappa shape index (κ2) is 10.5. The van der Waals surface area contributed by atoms with Gasteiger partial charge in [0.2, 0.25) is 5.91 Å². The van der Waals surface area contributed by atoms with Gasteiger partial charge in [0.05, 0.1) is 12.1 Å². The summed E-state index contributed by atoms with van der Waals surface area (Å²) in [4.78, 5) is 16.0. The molecule has 122 valence electrons. The predicted molar refractivity (Wildman–Crippen MR) is 92.6 cm³/mol. The van der Waals surface area contributed by atoms with Gasteiger partial charge in [0.1, 0.15) is 10.8 Å². The number of aromatic nitrogens is 1. The Morgan fingerprint density at radius 2 is 2.09 bits per heavy atom. The summed E-state index contributed by atoms with van der Waals surface area (Å²) in [5.41, 5.74) is 1.44. The molecule has 0 unspecified atom stereocenters. The van der Waals surface area contributed by atoms with Gasteiger partial charge in [0.15, 0.2) is 0 Å². The van der Waals surface area contributed by atoms with Gasteiger partial charge in [0.25, 0.3) is 0 Å². The zero-order chi connectivity index (χ0) is 14.4. The largest absolute Gasteiger partial charge is 0.354 e. The van der Waals surface area contributed by atoms with Gasteiger partial charge >= 0.3 is 0 Å². The number of thiazole rings is 1. The minimum absolute atomic E-state index is 0. The molecule has 4 nitrogen and oxygen atoms in total. The highest BCUT2D eigenvalue weighted by Crippen LogP contribution is 2.24. The molecule has 1 aromatic heterocycles. The number of likely N-dealkylation sites (N-methyl/N-ethyl adjacent to an activating group) is 1. The van der Waals surface area contributed by atoms with Crippen LogP contribution in [0.3, 0.4) is 0 Å². The van der Waals surface area contributed by atoms with Crippen LogP contribution in [-0.4, -0.2) is 31.0 Å². The first kappa shape index (κ1) is 20.8. The van der Waals surface area contributed by atoms with E-state index < -0.39 is 0 Å². The Morgan fingerprint density at radius 1 is 1.32 bits per heavy atom. The van der Waals surface area contributed by atoms with Crippen LogP contribution in [0.15, 0.2) is 29.6 Å². The third-order valence-electron chi connectivity index (χ3n) is 2.66. The lowest BCUT2D eigenvalue weighted by Gasteiger charge is -2.02. The number of carbonyl (C=O) groups is 1. The Hall–Kier alpha value is -1.21. The molecule has 2 N–H and O–H groups in total. The standard InChI is InChI=1S/C14H16FN3OS.2ClH/c1-16-5-6-17-13(19)8-12-9-20-14(18-12)10-3-2-4-11(15)7-10;;/h2-4,7,9,16H,5-6,8H2,1H3,(H,17,19);2*1H. The highest BCUT2D eigenvalue weighted by Gasteiger charge is 2.09. The number of carbonyl (C=O) groups excluding carboxylic acids is 1. The molecule has 1 aromatic carbocycles. The fourth-order valence-electron chi connectivity index (χ4n) is 1.70. The molecule has 0 spiro atoms. The third-order valence-corrected chi connectivity index (χ3v) is 3.60. The monoisotopic (exact) mass is 365 g/mol. The summed E-state index contributed by atoms with van der Waals surface area (Å²) in [6.45, 7) is 1.33. The zero-order valence-corrected chi connectivity index (χ0v) is 14.4. The molecule has 0 aliphatic rings. The van der Waals surface area contributed by atoms with E-state index in [1.54, 1.807) is 12.1 Å². The zero-order valence-electron chi connectivity index (χ0n) is 12.0.